The zero-order valence-electron chi connectivity index (χ0n) is 11.7. The molecule has 0 aliphatic heterocycles. The first-order valence-corrected chi connectivity index (χ1v) is 6.41. The van der Waals surface area contributed by atoms with Gasteiger partial charge in [-0.2, -0.15) is 0 Å². The van der Waals surface area contributed by atoms with E-state index in [1.54, 1.807) is 0 Å². The average Bonchev–Trinajstić information content (AvgIpc) is 2.26. The fourth-order valence-corrected chi connectivity index (χ4v) is 2.27. The van der Waals surface area contributed by atoms with Gasteiger partial charge in [0, 0.05) is 5.92 Å². The first kappa shape index (κ1) is 13.8. The van der Waals surface area contributed by atoms with Gasteiger partial charge in [0.2, 0.25) is 0 Å². The molecule has 2 unspecified atom stereocenters. The highest BCUT2D eigenvalue weighted by Gasteiger charge is 2.24. The lowest BCUT2D eigenvalue weighted by Crippen LogP contribution is -2.17. The van der Waals surface area contributed by atoms with Gasteiger partial charge in [-0.05, 0) is 30.2 Å². The summed E-state index contributed by atoms with van der Waals surface area (Å²) in [6.07, 6.45) is 1.17. The lowest BCUT2D eigenvalue weighted by atomic mass is 9.76. The molecule has 0 saturated heterocycles. The second-order valence-electron chi connectivity index (χ2n) is 5.96. The SMILES string of the molecule is CC#CC(C)C(CC(C)(C)C)c1ccccc1. The van der Waals surface area contributed by atoms with E-state index in [1.807, 2.05) is 6.92 Å². The maximum absolute atomic E-state index is 3.32. The van der Waals surface area contributed by atoms with Crippen LogP contribution in [0, 0.1) is 23.2 Å². The van der Waals surface area contributed by atoms with Crippen molar-refractivity contribution < 1.29 is 0 Å². The monoisotopic (exact) mass is 228 g/mol. The van der Waals surface area contributed by atoms with E-state index in [0.717, 1.165) is 0 Å². The quantitative estimate of drug-likeness (QED) is 0.648. The van der Waals surface area contributed by atoms with E-state index in [0.29, 0.717) is 17.3 Å². The number of rotatable bonds is 3. The van der Waals surface area contributed by atoms with E-state index in [9.17, 15) is 0 Å². The summed E-state index contributed by atoms with van der Waals surface area (Å²) in [6.45, 7) is 11.1. The number of hydrogen-bond donors (Lipinski definition) is 0. The van der Waals surface area contributed by atoms with Crippen molar-refractivity contribution in [3.05, 3.63) is 35.9 Å². The van der Waals surface area contributed by atoms with Crippen LogP contribution in [-0.4, -0.2) is 0 Å². The summed E-state index contributed by atoms with van der Waals surface area (Å²) in [5, 5.41) is 0. The Kier molecular flexibility index (Phi) is 4.82. The van der Waals surface area contributed by atoms with Gasteiger partial charge in [-0.3, -0.25) is 0 Å². The van der Waals surface area contributed by atoms with Crippen molar-refractivity contribution in [2.24, 2.45) is 11.3 Å². The maximum atomic E-state index is 3.32. The Hall–Kier alpha value is -1.22. The highest BCUT2D eigenvalue weighted by Crippen LogP contribution is 2.36. The van der Waals surface area contributed by atoms with Crippen molar-refractivity contribution in [3.63, 3.8) is 0 Å². The second-order valence-corrected chi connectivity index (χ2v) is 5.96. The minimum absolute atomic E-state index is 0.337. The van der Waals surface area contributed by atoms with E-state index in [1.165, 1.54) is 12.0 Å². The van der Waals surface area contributed by atoms with E-state index < -0.39 is 0 Å². The molecule has 92 valence electrons. The molecule has 0 aliphatic rings. The van der Waals surface area contributed by atoms with Gasteiger partial charge in [0.25, 0.3) is 0 Å². The lowest BCUT2D eigenvalue weighted by Gasteiger charge is -2.28. The predicted octanol–water partition coefficient (Wildman–Crippen LogP) is 4.87. The molecule has 0 amide bonds. The molecule has 0 aliphatic carbocycles. The smallest absolute Gasteiger partial charge is 0.0243 e. The topological polar surface area (TPSA) is 0 Å². The van der Waals surface area contributed by atoms with E-state index in [4.69, 9.17) is 0 Å². The third-order valence-corrected chi connectivity index (χ3v) is 3.04. The summed E-state index contributed by atoms with van der Waals surface area (Å²) in [5.74, 6) is 7.32. The van der Waals surface area contributed by atoms with E-state index in [2.05, 4.69) is 69.9 Å². The molecule has 0 N–H and O–H groups in total. The molecule has 0 heterocycles. The van der Waals surface area contributed by atoms with Gasteiger partial charge < -0.3 is 0 Å². The highest BCUT2D eigenvalue weighted by molar-refractivity contribution is 5.23. The summed E-state index contributed by atoms with van der Waals surface area (Å²) in [6, 6.07) is 10.8. The first-order chi connectivity index (χ1) is 7.94. The van der Waals surface area contributed by atoms with Gasteiger partial charge >= 0.3 is 0 Å². The molecule has 2 atom stereocenters. The number of benzene rings is 1. The highest BCUT2D eigenvalue weighted by atomic mass is 14.3. The Bertz CT molecular complexity index is 384. The van der Waals surface area contributed by atoms with Crippen LogP contribution in [0.25, 0.3) is 0 Å². The Balaban J connectivity index is 2.97. The van der Waals surface area contributed by atoms with Crippen LogP contribution in [-0.2, 0) is 0 Å². The van der Waals surface area contributed by atoms with Crippen LogP contribution in [0.4, 0.5) is 0 Å². The third-order valence-electron chi connectivity index (χ3n) is 3.04. The molecule has 0 heteroatoms. The summed E-state index contributed by atoms with van der Waals surface area (Å²) in [7, 11) is 0. The Morgan fingerprint density at radius 3 is 2.18 bits per heavy atom. The van der Waals surface area contributed by atoms with Crippen molar-refractivity contribution in [3.8, 4) is 11.8 Å². The molecule has 0 fully saturated rings. The predicted molar refractivity (Wildman–Crippen MR) is 75.9 cm³/mol. The van der Waals surface area contributed by atoms with Gasteiger partial charge in [0.05, 0.1) is 0 Å². The van der Waals surface area contributed by atoms with Gasteiger partial charge in [-0.15, -0.1) is 5.92 Å². The molecule has 1 rings (SSSR count). The summed E-state index contributed by atoms with van der Waals surface area (Å²) >= 11 is 0. The molecule has 0 bridgehead atoms. The second kappa shape index (κ2) is 5.92. The molecule has 17 heavy (non-hydrogen) atoms. The average molecular weight is 228 g/mol. The molecule has 0 spiro atoms. The molecular formula is C17H24. The van der Waals surface area contributed by atoms with Gasteiger partial charge in [0.15, 0.2) is 0 Å². The van der Waals surface area contributed by atoms with Gasteiger partial charge in [-0.1, -0.05) is 63.9 Å². The molecule has 1 aromatic carbocycles. The summed E-state index contributed by atoms with van der Waals surface area (Å²) in [5.41, 5.74) is 1.75. The van der Waals surface area contributed by atoms with Crippen LogP contribution >= 0.6 is 0 Å². The number of hydrogen-bond acceptors (Lipinski definition) is 0. The maximum Gasteiger partial charge on any atom is 0.0243 e. The van der Waals surface area contributed by atoms with Crippen LogP contribution in [0.2, 0.25) is 0 Å². The first-order valence-electron chi connectivity index (χ1n) is 6.41. The van der Waals surface area contributed by atoms with Crippen molar-refractivity contribution in [1.29, 1.82) is 0 Å². The van der Waals surface area contributed by atoms with Crippen molar-refractivity contribution in [2.45, 2.75) is 47.0 Å². The Morgan fingerprint density at radius 2 is 1.71 bits per heavy atom. The van der Waals surface area contributed by atoms with Gasteiger partial charge in [-0.25, -0.2) is 0 Å². The van der Waals surface area contributed by atoms with Crippen molar-refractivity contribution in [1.82, 2.24) is 0 Å². The summed E-state index contributed by atoms with van der Waals surface area (Å²) < 4.78 is 0. The lowest BCUT2D eigenvalue weighted by molar-refractivity contribution is 0.315. The fraction of sp³-hybridized carbons (Fsp3) is 0.529. The fourth-order valence-electron chi connectivity index (χ4n) is 2.27. The van der Waals surface area contributed by atoms with Gasteiger partial charge in [0.1, 0.15) is 0 Å². The van der Waals surface area contributed by atoms with Crippen LogP contribution in [0.5, 0.6) is 0 Å². The van der Waals surface area contributed by atoms with E-state index >= 15 is 0 Å². The minimum Gasteiger partial charge on any atom is -0.106 e. The Labute approximate surface area is 106 Å². The zero-order valence-corrected chi connectivity index (χ0v) is 11.7. The molecule has 0 nitrogen and oxygen atoms in total. The zero-order chi connectivity index (χ0) is 12.9. The molecule has 0 aromatic heterocycles. The Morgan fingerprint density at radius 1 is 1.12 bits per heavy atom. The minimum atomic E-state index is 0.337. The van der Waals surface area contributed by atoms with Crippen LogP contribution in [0.15, 0.2) is 30.3 Å². The standard InChI is InChI=1S/C17H24/c1-6-10-14(2)16(13-17(3,4)5)15-11-8-7-9-12-15/h7-9,11-12,14,16H,13H2,1-5H3. The largest absolute Gasteiger partial charge is 0.106 e. The van der Waals surface area contributed by atoms with Crippen LogP contribution in [0.3, 0.4) is 0 Å². The molecule has 0 saturated carbocycles. The van der Waals surface area contributed by atoms with E-state index in [-0.39, 0.29) is 0 Å². The molecule has 1 aromatic rings. The van der Waals surface area contributed by atoms with Crippen molar-refractivity contribution >= 4 is 0 Å². The van der Waals surface area contributed by atoms with Crippen molar-refractivity contribution in [2.75, 3.05) is 0 Å². The molecule has 0 radical (unpaired) electrons. The summed E-state index contributed by atoms with van der Waals surface area (Å²) in [4.78, 5) is 0. The van der Waals surface area contributed by atoms with Crippen LogP contribution in [0.1, 0.15) is 52.5 Å². The molecular weight excluding hydrogens is 204 g/mol. The van der Waals surface area contributed by atoms with Crippen LogP contribution < -0.4 is 0 Å². The normalized spacial score (nSPS) is 14.6. The third kappa shape index (κ3) is 4.65.